The average Bonchev–Trinajstić information content (AvgIpc) is 2.17. The van der Waals surface area contributed by atoms with E-state index in [9.17, 15) is 4.79 Å². The van der Waals surface area contributed by atoms with Crippen LogP contribution in [0.4, 0.5) is 0 Å². The number of rotatable bonds is 1. The number of carbonyl (C=O) groups is 1. The van der Waals surface area contributed by atoms with Crippen molar-refractivity contribution in [2.45, 2.75) is 32.2 Å². The first-order valence-electron chi connectivity index (χ1n) is 5.44. The number of piperidine rings is 1. The lowest BCUT2D eigenvalue weighted by atomic mass is 9.83. The van der Waals surface area contributed by atoms with Gasteiger partial charge in [-0.05, 0) is 19.4 Å². The van der Waals surface area contributed by atoms with E-state index in [4.69, 9.17) is 0 Å². The Morgan fingerprint density at radius 2 is 2.12 bits per heavy atom. The van der Waals surface area contributed by atoms with Gasteiger partial charge in [-0.3, -0.25) is 4.79 Å². The Bertz CT molecular complexity index is 391. The zero-order valence-electron chi connectivity index (χ0n) is 9.75. The van der Waals surface area contributed by atoms with Gasteiger partial charge in [0.25, 0.3) is 0 Å². The van der Waals surface area contributed by atoms with E-state index in [1.54, 1.807) is 0 Å². The zero-order chi connectivity index (χ0) is 10.9. The van der Waals surface area contributed by atoms with E-state index in [1.165, 1.54) is 11.1 Å². The number of benzene rings is 1. The van der Waals surface area contributed by atoms with Crippen LogP contribution < -0.4 is 5.32 Å². The molecule has 0 saturated carbocycles. The molecule has 2 nitrogen and oxygen atoms in total. The molecule has 1 saturated heterocycles. The van der Waals surface area contributed by atoms with Gasteiger partial charge in [-0.25, -0.2) is 0 Å². The molecule has 1 aromatic rings. The fraction of sp³-hybridized carbons (Fsp3) is 0.462. The largest absolute Gasteiger partial charge is 0.307 e. The van der Waals surface area contributed by atoms with Crippen LogP contribution in [0.2, 0.25) is 0 Å². The van der Waals surface area contributed by atoms with E-state index >= 15 is 0 Å². The maximum absolute atomic E-state index is 11.5. The Labute approximate surface area is 103 Å². The summed E-state index contributed by atoms with van der Waals surface area (Å²) in [5, 5.41) is 3.45. The van der Waals surface area contributed by atoms with Crippen LogP contribution in [0, 0.1) is 6.92 Å². The molecule has 2 rings (SSSR count). The van der Waals surface area contributed by atoms with Gasteiger partial charge in [-0.15, -0.1) is 12.4 Å². The van der Waals surface area contributed by atoms with Crippen LogP contribution in [0.1, 0.15) is 30.9 Å². The molecule has 0 bridgehead atoms. The quantitative estimate of drug-likeness (QED) is 0.816. The molecular formula is C13H18ClNO. The molecule has 0 aromatic heterocycles. The van der Waals surface area contributed by atoms with Crippen molar-refractivity contribution in [3.8, 4) is 0 Å². The van der Waals surface area contributed by atoms with Gasteiger partial charge in [-0.2, -0.15) is 0 Å². The normalized spacial score (nSPS) is 25.0. The lowest BCUT2D eigenvalue weighted by Gasteiger charge is -2.34. The summed E-state index contributed by atoms with van der Waals surface area (Å²) in [7, 11) is 0. The first kappa shape index (κ1) is 13.2. The van der Waals surface area contributed by atoms with Gasteiger partial charge in [0.05, 0.1) is 0 Å². The molecule has 0 amide bonds. The Hall–Kier alpha value is -0.860. The number of carbonyl (C=O) groups excluding carboxylic acids is 1. The first-order chi connectivity index (χ1) is 7.10. The van der Waals surface area contributed by atoms with Crippen molar-refractivity contribution in [1.82, 2.24) is 5.32 Å². The molecule has 3 heteroatoms. The molecule has 1 heterocycles. The Morgan fingerprint density at radius 1 is 1.38 bits per heavy atom. The van der Waals surface area contributed by atoms with E-state index in [-0.39, 0.29) is 17.9 Å². The monoisotopic (exact) mass is 239 g/mol. The van der Waals surface area contributed by atoms with Crippen molar-refractivity contribution in [3.05, 3.63) is 35.4 Å². The van der Waals surface area contributed by atoms with Gasteiger partial charge >= 0.3 is 0 Å². The highest BCUT2D eigenvalue weighted by Gasteiger charge is 2.32. The van der Waals surface area contributed by atoms with Crippen LogP contribution in [-0.4, -0.2) is 12.3 Å². The second kappa shape index (κ2) is 4.98. The Kier molecular flexibility index (Phi) is 4.11. The Balaban J connectivity index is 0.00000128. The molecule has 1 atom stereocenters. The molecule has 16 heavy (non-hydrogen) atoms. The first-order valence-corrected chi connectivity index (χ1v) is 5.44. The van der Waals surface area contributed by atoms with Crippen LogP contribution in [0.25, 0.3) is 0 Å². The van der Waals surface area contributed by atoms with Gasteiger partial charge in [0.15, 0.2) is 0 Å². The van der Waals surface area contributed by atoms with Crippen molar-refractivity contribution in [1.29, 1.82) is 0 Å². The summed E-state index contributed by atoms with van der Waals surface area (Å²) >= 11 is 0. The number of ketones is 1. The molecule has 0 spiro atoms. The van der Waals surface area contributed by atoms with E-state index < -0.39 is 0 Å². The molecule has 88 valence electrons. The standard InChI is InChI=1S/C13H17NO.ClH/c1-10-4-3-5-11(8-10)13(2)9-12(15)6-7-14-13;/h3-5,8,14H,6-7,9H2,1-2H3;1H. The summed E-state index contributed by atoms with van der Waals surface area (Å²) in [6.07, 6.45) is 1.28. The minimum absolute atomic E-state index is 0. The number of Topliss-reactive ketones (excluding diaryl/α,β-unsaturated/α-hetero) is 1. The van der Waals surface area contributed by atoms with Crippen LogP contribution in [0.15, 0.2) is 24.3 Å². The number of hydrogen-bond acceptors (Lipinski definition) is 2. The molecule has 1 aliphatic heterocycles. The lowest BCUT2D eigenvalue weighted by Crippen LogP contribution is -2.46. The van der Waals surface area contributed by atoms with Gasteiger partial charge in [0.2, 0.25) is 0 Å². The summed E-state index contributed by atoms with van der Waals surface area (Å²) in [5.74, 6) is 0.359. The van der Waals surface area contributed by atoms with E-state index in [0.29, 0.717) is 18.6 Å². The molecule has 1 N–H and O–H groups in total. The van der Waals surface area contributed by atoms with Crippen molar-refractivity contribution in [2.75, 3.05) is 6.54 Å². The maximum Gasteiger partial charge on any atom is 0.136 e. The third kappa shape index (κ3) is 2.63. The van der Waals surface area contributed by atoms with E-state index in [2.05, 4.69) is 43.4 Å². The van der Waals surface area contributed by atoms with Gasteiger partial charge < -0.3 is 5.32 Å². The summed E-state index contributed by atoms with van der Waals surface area (Å²) in [6, 6.07) is 8.39. The van der Waals surface area contributed by atoms with Crippen molar-refractivity contribution in [3.63, 3.8) is 0 Å². The highest BCUT2D eigenvalue weighted by atomic mass is 35.5. The fourth-order valence-electron chi connectivity index (χ4n) is 2.22. The van der Waals surface area contributed by atoms with Gasteiger partial charge in [0.1, 0.15) is 5.78 Å². The molecule has 0 radical (unpaired) electrons. The maximum atomic E-state index is 11.5. The van der Waals surface area contributed by atoms with E-state index in [1.807, 2.05) is 0 Å². The van der Waals surface area contributed by atoms with Crippen LogP contribution in [0.3, 0.4) is 0 Å². The number of halogens is 1. The zero-order valence-corrected chi connectivity index (χ0v) is 10.6. The molecule has 1 unspecified atom stereocenters. The third-order valence-corrected chi connectivity index (χ3v) is 3.12. The summed E-state index contributed by atoms with van der Waals surface area (Å²) in [5.41, 5.74) is 2.30. The van der Waals surface area contributed by atoms with Crippen molar-refractivity contribution < 1.29 is 4.79 Å². The van der Waals surface area contributed by atoms with Crippen LogP contribution in [-0.2, 0) is 10.3 Å². The predicted octanol–water partition coefficient (Wildman–Crippen LogP) is 2.58. The fourth-order valence-corrected chi connectivity index (χ4v) is 2.22. The second-order valence-electron chi connectivity index (χ2n) is 4.59. The highest BCUT2D eigenvalue weighted by Crippen LogP contribution is 2.28. The number of aryl methyl sites for hydroxylation is 1. The molecule has 0 aliphatic carbocycles. The second-order valence-corrected chi connectivity index (χ2v) is 4.59. The third-order valence-electron chi connectivity index (χ3n) is 3.12. The molecule has 1 aromatic carbocycles. The van der Waals surface area contributed by atoms with Crippen LogP contribution >= 0.6 is 12.4 Å². The Morgan fingerprint density at radius 3 is 2.75 bits per heavy atom. The van der Waals surface area contributed by atoms with Crippen molar-refractivity contribution >= 4 is 18.2 Å². The van der Waals surface area contributed by atoms with Crippen LogP contribution in [0.5, 0.6) is 0 Å². The van der Waals surface area contributed by atoms with Crippen molar-refractivity contribution in [2.24, 2.45) is 0 Å². The SMILES string of the molecule is Cc1cccc(C2(C)CC(=O)CCN2)c1.Cl. The van der Waals surface area contributed by atoms with Gasteiger partial charge in [0, 0.05) is 24.9 Å². The highest BCUT2D eigenvalue weighted by molar-refractivity contribution is 5.85. The lowest BCUT2D eigenvalue weighted by molar-refractivity contribution is -0.122. The summed E-state index contributed by atoms with van der Waals surface area (Å²) in [4.78, 5) is 11.5. The summed E-state index contributed by atoms with van der Waals surface area (Å²) < 4.78 is 0. The van der Waals surface area contributed by atoms with E-state index in [0.717, 1.165) is 6.54 Å². The molecule has 1 aliphatic rings. The summed E-state index contributed by atoms with van der Waals surface area (Å²) in [6.45, 7) is 4.99. The topological polar surface area (TPSA) is 29.1 Å². The smallest absolute Gasteiger partial charge is 0.136 e. The number of hydrogen-bond donors (Lipinski definition) is 1. The molecular weight excluding hydrogens is 222 g/mol. The van der Waals surface area contributed by atoms with Gasteiger partial charge in [-0.1, -0.05) is 29.8 Å². The molecule has 1 fully saturated rings. The predicted molar refractivity (Wildman–Crippen MR) is 68.0 cm³/mol. The minimum Gasteiger partial charge on any atom is -0.307 e. The number of nitrogens with one attached hydrogen (secondary N) is 1. The minimum atomic E-state index is -0.165. The average molecular weight is 240 g/mol.